The van der Waals surface area contributed by atoms with Crippen molar-refractivity contribution in [2.75, 3.05) is 26.4 Å². The molecule has 3 heteroatoms. The van der Waals surface area contributed by atoms with Gasteiger partial charge in [0, 0.05) is 13.2 Å². The summed E-state index contributed by atoms with van der Waals surface area (Å²) in [5.74, 6) is 0. The van der Waals surface area contributed by atoms with E-state index in [-0.39, 0.29) is 0 Å². The lowest BCUT2D eigenvalue weighted by Gasteiger charge is -2.01. The van der Waals surface area contributed by atoms with Crippen molar-refractivity contribution in [3.05, 3.63) is 0 Å². The van der Waals surface area contributed by atoms with Crippen molar-refractivity contribution in [2.45, 2.75) is 51.7 Å². The maximum atomic E-state index is 5.48. The largest absolute Gasteiger partial charge is 0.379 e. The van der Waals surface area contributed by atoms with Gasteiger partial charge in [0.1, 0.15) is 12.2 Å². The Morgan fingerprint density at radius 2 is 1.33 bits per heavy atom. The predicted molar refractivity (Wildman–Crippen MR) is 60.1 cm³/mol. The summed E-state index contributed by atoms with van der Waals surface area (Å²) < 4.78 is 16.4. The third-order valence-corrected chi connectivity index (χ3v) is 2.54. The Labute approximate surface area is 93.1 Å². The van der Waals surface area contributed by atoms with Crippen LogP contribution in [0.5, 0.6) is 0 Å². The van der Waals surface area contributed by atoms with E-state index in [1.165, 1.54) is 12.8 Å². The van der Waals surface area contributed by atoms with Crippen LogP contribution < -0.4 is 0 Å². The number of ether oxygens (including phenoxy) is 3. The summed E-state index contributed by atoms with van der Waals surface area (Å²) in [7, 11) is 0. The molecule has 1 saturated heterocycles. The minimum atomic E-state index is 0.295. The lowest BCUT2D eigenvalue weighted by molar-refractivity contribution is 0.112. The molecule has 0 aromatic rings. The average Bonchev–Trinajstić information content (AvgIpc) is 2.99. The van der Waals surface area contributed by atoms with Crippen LogP contribution in [0, 0.1) is 0 Å². The minimum Gasteiger partial charge on any atom is -0.379 e. The van der Waals surface area contributed by atoms with Gasteiger partial charge in [-0.3, -0.25) is 0 Å². The molecule has 1 aliphatic heterocycles. The molecule has 0 aliphatic carbocycles. The van der Waals surface area contributed by atoms with Gasteiger partial charge in [-0.25, -0.2) is 0 Å². The standard InChI is InChI=1S/C12H24O3/c1-3-5-7-13-9-11-12(15-11)10-14-8-6-4-2/h11-12H,3-10H2,1-2H3. The van der Waals surface area contributed by atoms with Crippen LogP contribution in [0.2, 0.25) is 0 Å². The first-order chi connectivity index (χ1) is 7.38. The van der Waals surface area contributed by atoms with Gasteiger partial charge in [0.05, 0.1) is 13.2 Å². The van der Waals surface area contributed by atoms with E-state index >= 15 is 0 Å². The number of hydrogen-bond donors (Lipinski definition) is 0. The van der Waals surface area contributed by atoms with Crippen molar-refractivity contribution in [2.24, 2.45) is 0 Å². The van der Waals surface area contributed by atoms with Gasteiger partial charge in [0.15, 0.2) is 0 Å². The molecule has 0 spiro atoms. The fourth-order valence-corrected chi connectivity index (χ4v) is 1.36. The normalized spacial score (nSPS) is 24.4. The van der Waals surface area contributed by atoms with Crippen molar-refractivity contribution < 1.29 is 14.2 Å². The van der Waals surface area contributed by atoms with Crippen molar-refractivity contribution in [1.29, 1.82) is 0 Å². The van der Waals surface area contributed by atoms with E-state index in [0.29, 0.717) is 12.2 Å². The monoisotopic (exact) mass is 216 g/mol. The lowest BCUT2D eigenvalue weighted by atomic mass is 10.3. The molecule has 15 heavy (non-hydrogen) atoms. The van der Waals surface area contributed by atoms with E-state index in [1.54, 1.807) is 0 Å². The average molecular weight is 216 g/mol. The van der Waals surface area contributed by atoms with Crippen LogP contribution >= 0.6 is 0 Å². The molecule has 0 aromatic carbocycles. The van der Waals surface area contributed by atoms with Crippen molar-refractivity contribution in [1.82, 2.24) is 0 Å². The van der Waals surface area contributed by atoms with Gasteiger partial charge in [0.25, 0.3) is 0 Å². The molecule has 2 unspecified atom stereocenters. The lowest BCUT2D eigenvalue weighted by Crippen LogP contribution is -2.10. The van der Waals surface area contributed by atoms with E-state index < -0.39 is 0 Å². The maximum absolute atomic E-state index is 5.48. The Morgan fingerprint density at radius 1 is 0.867 bits per heavy atom. The molecule has 0 saturated carbocycles. The van der Waals surface area contributed by atoms with E-state index in [2.05, 4.69) is 13.8 Å². The summed E-state index contributed by atoms with van der Waals surface area (Å²) in [6, 6.07) is 0. The number of hydrogen-bond acceptors (Lipinski definition) is 3. The number of unbranched alkanes of at least 4 members (excludes halogenated alkanes) is 2. The molecule has 3 nitrogen and oxygen atoms in total. The minimum absolute atomic E-state index is 0.295. The molecule has 2 atom stereocenters. The first-order valence-electron chi connectivity index (χ1n) is 6.19. The van der Waals surface area contributed by atoms with E-state index in [9.17, 15) is 0 Å². The first-order valence-corrected chi connectivity index (χ1v) is 6.19. The summed E-state index contributed by atoms with van der Waals surface area (Å²) in [4.78, 5) is 0. The van der Waals surface area contributed by atoms with Crippen LogP contribution in [-0.2, 0) is 14.2 Å². The van der Waals surface area contributed by atoms with Gasteiger partial charge in [-0.05, 0) is 12.8 Å². The van der Waals surface area contributed by atoms with Gasteiger partial charge in [-0.15, -0.1) is 0 Å². The van der Waals surface area contributed by atoms with Gasteiger partial charge in [0.2, 0.25) is 0 Å². The zero-order valence-corrected chi connectivity index (χ0v) is 10.0. The SMILES string of the molecule is CCCCOCC1OC1COCCCC. The summed E-state index contributed by atoms with van der Waals surface area (Å²) in [5.41, 5.74) is 0. The molecule has 0 amide bonds. The summed E-state index contributed by atoms with van der Waals surface area (Å²) in [6.45, 7) is 7.53. The second-order valence-electron chi connectivity index (χ2n) is 4.07. The van der Waals surface area contributed by atoms with Crippen LogP contribution in [-0.4, -0.2) is 38.6 Å². The van der Waals surface area contributed by atoms with Gasteiger partial charge in [-0.1, -0.05) is 26.7 Å². The third kappa shape index (κ3) is 6.13. The quantitative estimate of drug-likeness (QED) is 0.415. The topological polar surface area (TPSA) is 31.0 Å². The summed E-state index contributed by atoms with van der Waals surface area (Å²) >= 11 is 0. The summed E-state index contributed by atoms with van der Waals surface area (Å²) in [5, 5.41) is 0. The molecular formula is C12H24O3. The second-order valence-corrected chi connectivity index (χ2v) is 4.07. The van der Waals surface area contributed by atoms with Gasteiger partial charge in [-0.2, -0.15) is 0 Å². The van der Waals surface area contributed by atoms with Crippen molar-refractivity contribution in [3.8, 4) is 0 Å². The predicted octanol–water partition coefficient (Wildman–Crippen LogP) is 2.39. The molecule has 1 rings (SSSR count). The third-order valence-electron chi connectivity index (χ3n) is 2.54. The Balaban J connectivity index is 1.81. The van der Waals surface area contributed by atoms with Crippen LogP contribution in [0.25, 0.3) is 0 Å². The Morgan fingerprint density at radius 3 is 1.73 bits per heavy atom. The number of epoxide rings is 1. The van der Waals surface area contributed by atoms with E-state index in [4.69, 9.17) is 14.2 Å². The van der Waals surface area contributed by atoms with Crippen LogP contribution in [0.1, 0.15) is 39.5 Å². The fraction of sp³-hybridized carbons (Fsp3) is 1.00. The molecule has 1 aliphatic rings. The van der Waals surface area contributed by atoms with Crippen LogP contribution in [0.4, 0.5) is 0 Å². The highest BCUT2D eigenvalue weighted by molar-refractivity contribution is 4.84. The molecule has 1 fully saturated rings. The smallest absolute Gasteiger partial charge is 0.110 e. The molecule has 1 heterocycles. The van der Waals surface area contributed by atoms with Crippen LogP contribution in [0.15, 0.2) is 0 Å². The van der Waals surface area contributed by atoms with Crippen molar-refractivity contribution >= 4 is 0 Å². The molecule has 90 valence electrons. The van der Waals surface area contributed by atoms with Gasteiger partial charge >= 0.3 is 0 Å². The van der Waals surface area contributed by atoms with Gasteiger partial charge < -0.3 is 14.2 Å². The molecule has 0 radical (unpaired) electrons. The number of rotatable bonds is 10. The molecule has 0 aromatic heterocycles. The Bertz CT molecular complexity index is 134. The van der Waals surface area contributed by atoms with Crippen LogP contribution in [0.3, 0.4) is 0 Å². The highest BCUT2D eigenvalue weighted by Crippen LogP contribution is 2.22. The summed E-state index contributed by atoms with van der Waals surface area (Å²) in [6.07, 6.45) is 5.26. The highest BCUT2D eigenvalue weighted by atomic mass is 16.6. The maximum Gasteiger partial charge on any atom is 0.110 e. The zero-order valence-electron chi connectivity index (χ0n) is 10.0. The second kappa shape index (κ2) is 8.08. The highest BCUT2D eigenvalue weighted by Gasteiger charge is 2.38. The first kappa shape index (κ1) is 12.9. The molecule has 0 bridgehead atoms. The Hall–Kier alpha value is -0.120. The van der Waals surface area contributed by atoms with E-state index in [1.807, 2.05) is 0 Å². The molecule has 0 N–H and O–H groups in total. The molecular weight excluding hydrogens is 192 g/mol. The zero-order chi connectivity index (χ0) is 10.9. The Kier molecular flexibility index (Phi) is 6.98. The van der Waals surface area contributed by atoms with Crippen molar-refractivity contribution in [3.63, 3.8) is 0 Å². The fourth-order valence-electron chi connectivity index (χ4n) is 1.36. The van der Waals surface area contributed by atoms with E-state index in [0.717, 1.165) is 39.3 Å².